The van der Waals surface area contributed by atoms with E-state index in [0.29, 0.717) is 11.3 Å². The van der Waals surface area contributed by atoms with E-state index in [1.165, 1.54) is 18.3 Å². The second-order valence-electron chi connectivity index (χ2n) is 6.52. The number of benzene rings is 2. The molecule has 0 saturated heterocycles. The molecule has 0 aliphatic carbocycles. The number of nitrogens with one attached hydrogen (secondary N) is 2. The lowest BCUT2D eigenvalue weighted by Gasteiger charge is -2.14. The van der Waals surface area contributed by atoms with E-state index in [9.17, 15) is 18.5 Å². The average Bonchev–Trinajstić information content (AvgIpc) is 2.71. The number of hydrazone groups is 1. The van der Waals surface area contributed by atoms with Gasteiger partial charge in [-0.1, -0.05) is 23.8 Å². The minimum atomic E-state index is -4.13. The summed E-state index contributed by atoms with van der Waals surface area (Å²) in [5.41, 5.74) is 5.19. The van der Waals surface area contributed by atoms with E-state index < -0.39 is 14.9 Å². The van der Waals surface area contributed by atoms with Crippen molar-refractivity contribution in [3.63, 3.8) is 0 Å². The van der Waals surface area contributed by atoms with Gasteiger partial charge < -0.3 is 0 Å². The lowest BCUT2D eigenvalue weighted by molar-refractivity contribution is -0.385. The smallest absolute Gasteiger partial charge is 0.270 e. The zero-order valence-corrected chi connectivity index (χ0v) is 17.1. The highest BCUT2D eigenvalue weighted by Crippen LogP contribution is 2.29. The lowest BCUT2D eigenvalue weighted by Crippen LogP contribution is -2.16. The molecule has 1 heterocycles. The van der Waals surface area contributed by atoms with Crippen LogP contribution in [0.4, 0.5) is 17.1 Å². The molecular formula is C20H19N5O4S. The number of rotatable bonds is 7. The quantitative estimate of drug-likeness (QED) is 0.336. The molecule has 2 aromatic carbocycles. The summed E-state index contributed by atoms with van der Waals surface area (Å²) < 4.78 is 28.6. The minimum absolute atomic E-state index is 0.0954. The summed E-state index contributed by atoms with van der Waals surface area (Å²) in [6, 6.07) is 12.3. The van der Waals surface area contributed by atoms with Crippen LogP contribution in [0, 0.1) is 24.0 Å². The predicted octanol–water partition coefficient (Wildman–Crippen LogP) is 3.85. The molecule has 3 aromatic rings. The van der Waals surface area contributed by atoms with E-state index in [-0.39, 0.29) is 16.3 Å². The first kappa shape index (κ1) is 20.9. The van der Waals surface area contributed by atoms with Gasteiger partial charge in [-0.25, -0.2) is 8.42 Å². The maximum Gasteiger partial charge on any atom is 0.270 e. The average molecular weight is 425 g/mol. The summed E-state index contributed by atoms with van der Waals surface area (Å²) in [6.45, 7) is 3.67. The van der Waals surface area contributed by atoms with E-state index in [1.807, 2.05) is 13.0 Å². The Kier molecular flexibility index (Phi) is 6.07. The molecule has 3 rings (SSSR count). The monoisotopic (exact) mass is 425 g/mol. The Labute approximate surface area is 173 Å². The number of non-ortho nitro benzene ring substituents is 1. The molecule has 10 heteroatoms. The zero-order chi connectivity index (χ0) is 21.7. The number of anilines is 2. The molecule has 1 aromatic heterocycles. The summed E-state index contributed by atoms with van der Waals surface area (Å²) in [6.07, 6.45) is 4.66. The third kappa shape index (κ3) is 4.97. The molecule has 30 heavy (non-hydrogen) atoms. The summed E-state index contributed by atoms with van der Waals surface area (Å²) in [5.74, 6) is 0. The van der Waals surface area contributed by atoms with Gasteiger partial charge in [0.05, 0.1) is 22.5 Å². The van der Waals surface area contributed by atoms with E-state index in [4.69, 9.17) is 0 Å². The highest BCUT2D eigenvalue weighted by Gasteiger charge is 2.23. The van der Waals surface area contributed by atoms with Gasteiger partial charge in [0.15, 0.2) is 0 Å². The largest absolute Gasteiger partial charge is 0.279 e. The Hall–Kier alpha value is -3.79. The van der Waals surface area contributed by atoms with Crippen molar-refractivity contribution >= 4 is 33.3 Å². The number of nitro groups is 1. The summed E-state index contributed by atoms with van der Waals surface area (Å²) >= 11 is 0. The number of nitrogens with zero attached hydrogens (tertiary/aromatic N) is 3. The van der Waals surface area contributed by atoms with Crippen LogP contribution >= 0.6 is 0 Å². The van der Waals surface area contributed by atoms with Gasteiger partial charge in [0.2, 0.25) is 0 Å². The number of aryl methyl sites for hydroxylation is 2. The van der Waals surface area contributed by atoms with Crippen molar-refractivity contribution in [1.29, 1.82) is 0 Å². The number of nitro benzene ring substituents is 1. The Morgan fingerprint density at radius 1 is 1.10 bits per heavy atom. The molecule has 0 bridgehead atoms. The fourth-order valence-electron chi connectivity index (χ4n) is 2.70. The molecule has 0 aliphatic rings. The normalized spacial score (nSPS) is 11.4. The van der Waals surface area contributed by atoms with Crippen LogP contribution in [0.5, 0.6) is 0 Å². The Morgan fingerprint density at radius 3 is 2.53 bits per heavy atom. The Bertz CT molecular complexity index is 1210. The zero-order valence-electron chi connectivity index (χ0n) is 16.2. The van der Waals surface area contributed by atoms with Crippen LogP contribution in [0.2, 0.25) is 0 Å². The lowest BCUT2D eigenvalue weighted by atomic mass is 10.1. The van der Waals surface area contributed by atoms with Gasteiger partial charge in [-0.05, 0) is 37.6 Å². The van der Waals surface area contributed by atoms with Crippen LogP contribution in [0.25, 0.3) is 0 Å². The van der Waals surface area contributed by atoms with Gasteiger partial charge in [-0.3, -0.25) is 25.2 Å². The molecule has 0 spiro atoms. The third-order valence-electron chi connectivity index (χ3n) is 4.17. The third-order valence-corrected chi connectivity index (χ3v) is 5.58. The first-order valence-corrected chi connectivity index (χ1v) is 10.3. The summed E-state index contributed by atoms with van der Waals surface area (Å²) in [4.78, 5) is 14.2. The maximum absolute atomic E-state index is 13.0. The highest BCUT2D eigenvalue weighted by atomic mass is 32.2. The number of aromatic nitrogens is 1. The molecule has 0 saturated carbocycles. The van der Waals surface area contributed by atoms with Crippen molar-refractivity contribution in [3.8, 4) is 0 Å². The fourth-order valence-corrected chi connectivity index (χ4v) is 4.00. The van der Waals surface area contributed by atoms with Gasteiger partial charge in [0, 0.05) is 30.1 Å². The number of hydrogen-bond acceptors (Lipinski definition) is 7. The topological polar surface area (TPSA) is 127 Å². The van der Waals surface area contributed by atoms with Gasteiger partial charge in [-0.15, -0.1) is 0 Å². The Morgan fingerprint density at radius 2 is 1.87 bits per heavy atom. The van der Waals surface area contributed by atoms with Crippen molar-refractivity contribution in [2.24, 2.45) is 5.10 Å². The molecule has 154 valence electrons. The van der Waals surface area contributed by atoms with Crippen LogP contribution in [0.1, 0.15) is 16.7 Å². The molecule has 9 nitrogen and oxygen atoms in total. The van der Waals surface area contributed by atoms with E-state index in [0.717, 1.165) is 17.2 Å². The van der Waals surface area contributed by atoms with Crippen molar-refractivity contribution in [1.82, 2.24) is 4.98 Å². The number of sulfonamides is 1. The van der Waals surface area contributed by atoms with E-state index >= 15 is 0 Å². The highest BCUT2D eigenvalue weighted by molar-refractivity contribution is 7.92. The Balaban J connectivity index is 1.96. The van der Waals surface area contributed by atoms with E-state index in [2.05, 4.69) is 20.2 Å². The summed E-state index contributed by atoms with van der Waals surface area (Å²) in [7, 11) is -4.13. The van der Waals surface area contributed by atoms with Gasteiger partial charge in [-0.2, -0.15) is 5.10 Å². The second-order valence-corrected chi connectivity index (χ2v) is 8.17. The molecular weight excluding hydrogens is 406 g/mol. The maximum atomic E-state index is 13.0. The molecule has 0 atom stereocenters. The van der Waals surface area contributed by atoms with Crippen LogP contribution in [-0.2, 0) is 10.0 Å². The van der Waals surface area contributed by atoms with Crippen LogP contribution in [-0.4, -0.2) is 24.5 Å². The van der Waals surface area contributed by atoms with E-state index in [1.54, 1.807) is 43.6 Å². The van der Waals surface area contributed by atoms with Crippen LogP contribution < -0.4 is 10.1 Å². The number of hydrogen-bond donors (Lipinski definition) is 2. The second kappa shape index (κ2) is 8.70. The SMILES string of the molecule is Cc1ccc(NS(=O)(=O)c2cc([N+](=O)[O-])ccc2NN=Cc2cccnc2)c(C)c1. The van der Waals surface area contributed by atoms with Gasteiger partial charge >= 0.3 is 0 Å². The van der Waals surface area contributed by atoms with Gasteiger partial charge in [0.1, 0.15) is 4.90 Å². The van der Waals surface area contributed by atoms with Crippen molar-refractivity contribution in [2.45, 2.75) is 18.7 Å². The predicted molar refractivity (Wildman–Crippen MR) is 115 cm³/mol. The molecule has 0 aliphatic heterocycles. The minimum Gasteiger partial charge on any atom is -0.279 e. The fraction of sp³-hybridized carbons (Fsp3) is 0.100. The molecule has 2 N–H and O–H groups in total. The van der Waals surface area contributed by atoms with Crippen molar-refractivity contribution < 1.29 is 13.3 Å². The first-order chi connectivity index (χ1) is 14.3. The number of pyridine rings is 1. The standard InChI is InChI=1S/C20H19N5O4S/c1-14-5-7-18(15(2)10-14)24-30(28,29)20-11-17(25(26)27)6-8-19(20)23-22-13-16-4-3-9-21-12-16/h3-13,23-24H,1-2H3. The first-order valence-electron chi connectivity index (χ1n) is 8.84. The van der Waals surface area contributed by atoms with Gasteiger partial charge in [0.25, 0.3) is 15.7 Å². The van der Waals surface area contributed by atoms with Crippen molar-refractivity contribution in [3.05, 3.63) is 87.7 Å². The van der Waals surface area contributed by atoms with Crippen LogP contribution in [0.15, 0.2) is 70.9 Å². The molecule has 0 unspecified atom stereocenters. The molecule has 0 radical (unpaired) electrons. The van der Waals surface area contributed by atoms with Crippen molar-refractivity contribution in [2.75, 3.05) is 10.1 Å². The molecule has 0 fully saturated rings. The summed E-state index contributed by atoms with van der Waals surface area (Å²) in [5, 5.41) is 15.2. The van der Waals surface area contributed by atoms with Crippen LogP contribution in [0.3, 0.4) is 0 Å². The molecule has 0 amide bonds.